The van der Waals surface area contributed by atoms with E-state index >= 15 is 0 Å². The second-order valence-electron chi connectivity index (χ2n) is 3.75. The number of rotatable bonds is 2. The molecule has 1 fully saturated rings. The van der Waals surface area contributed by atoms with Gasteiger partial charge in [-0.15, -0.1) is 11.8 Å². The van der Waals surface area contributed by atoms with Crippen LogP contribution < -0.4 is 0 Å². The van der Waals surface area contributed by atoms with Crippen molar-refractivity contribution in [3.8, 4) is 0 Å². The topological polar surface area (TPSA) is 57.6 Å². The van der Waals surface area contributed by atoms with Crippen LogP contribution in [0.2, 0.25) is 0 Å². The van der Waals surface area contributed by atoms with Gasteiger partial charge in [0.25, 0.3) is 0 Å². The smallest absolute Gasteiger partial charge is 0.327 e. The normalized spacial score (nSPS) is 25.1. The Bertz CT molecular complexity index is 310. The fourth-order valence-electron chi connectivity index (χ4n) is 1.49. The predicted octanol–water partition coefficient (Wildman–Crippen LogP) is 1.33. The lowest BCUT2D eigenvalue weighted by Gasteiger charge is -2.23. The fourth-order valence-corrected chi connectivity index (χ4v) is 2.66. The third kappa shape index (κ3) is 2.75. The van der Waals surface area contributed by atoms with Gasteiger partial charge in [0.05, 0.1) is 5.37 Å². The van der Waals surface area contributed by atoms with Crippen molar-refractivity contribution >= 4 is 23.6 Å². The first-order chi connectivity index (χ1) is 6.93. The summed E-state index contributed by atoms with van der Waals surface area (Å²) in [5.74, 6) is -0.666. The molecule has 0 aromatic heterocycles. The highest BCUT2D eigenvalue weighted by molar-refractivity contribution is 8.00. The maximum absolute atomic E-state index is 11.8. The molecule has 0 aromatic rings. The molecular weight excluding hydrogens is 214 g/mol. The molecular formula is C10H15NO3S. The van der Waals surface area contributed by atoms with Crippen LogP contribution in [0, 0.1) is 0 Å². The molecule has 1 rings (SSSR count). The minimum atomic E-state index is -0.928. The summed E-state index contributed by atoms with van der Waals surface area (Å²) in [5, 5.41) is 8.90. The summed E-state index contributed by atoms with van der Waals surface area (Å²) in [6, 6.07) is -0.687. The Labute approximate surface area is 93.3 Å². The zero-order valence-electron chi connectivity index (χ0n) is 9.06. The Kier molecular flexibility index (Phi) is 3.79. The number of carbonyl (C=O) groups excluding carboxylic acids is 1. The minimum Gasteiger partial charge on any atom is -0.480 e. The summed E-state index contributed by atoms with van der Waals surface area (Å²) in [6.45, 7) is 5.49. The van der Waals surface area contributed by atoms with E-state index < -0.39 is 12.0 Å². The van der Waals surface area contributed by atoms with Gasteiger partial charge in [0, 0.05) is 11.8 Å². The number of carbonyl (C=O) groups is 2. The first-order valence-corrected chi connectivity index (χ1v) is 5.80. The number of aliphatic carboxylic acids is 1. The highest BCUT2D eigenvalue weighted by atomic mass is 32.2. The molecule has 1 aliphatic rings. The van der Waals surface area contributed by atoms with Crippen molar-refractivity contribution in [2.45, 2.75) is 32.2 Å². The van der Waals surface area contributed by atoms with E-state index in [0.29, 0.717) is 5.75 Å². The summed E-state index contributed by atoms with van der Waals surface area (Å²) < 4.78 is 0. The summed E-state index contributed by atoms with van der Waals surface area (Å²) in [5.41, 5.74) is 0.883. The average Bonchev–Trinajstić information content (AvgIpc) is 2.45. The third-order valence-corrected chi connectivity index (χ3v) is 3.39. The molecule has 0 radical (unpaired) electrons. The molecule has 84 valence electrons. The SMILES string of the molecule is CC(C)=CC(=O)N1C(C)SCC1C(=O)O. The van der Waals surface area contributed by atoms with Crippen LogP contribution in [0.25, 0.3) is 0 Å². The summed E-state index contributed by atoms with van der Waals surface area (Å²) in [7, 11) is 0. The first kappa shape index (κ1) is 12.1. The number of carboxylic acids is 1. The molecule has 2 atom stereocenters. The van der Waals surface area contributed by atoms with E-state index in [9.17, 15) is 9.59 Å². The van der Waals surface area contributed by atoms with Crippen LogP contribution in [-0.2, 0) is 9.59 Å². The van der Waals surface area contributed by atoms with Crippen LogP contribution >= 0.6 is 11.8 Å². The number of thioether (sulfide) groups is 1. The van der Waals surface area contributed by atoms with Crippen LogP contribution in [-0.4, -0.2) is 39.1 Å². The zero-order valence-corrected chi connectivity index (χ0v) is 9.87. The molecule has 1 N–H and O–H groups in total. The molecule has 0 saturated carbocycles. The average molecular weight is 229 g/mol. The molecule has 1 saturated heterocycles. The molecule has 1 amide bonds. The maximum Gasteiger partial charge on any atom is 0.327 e. The standard InChI is InChI=1S/C10H15NO3S/c1-6(2)4-9(12)11-7(3)15-5-8(11)10(13)14/h4,7-8H,5H2,1-3H3,(H,13,14). The second kappa shape index (κ2) is 4.70. The van der Waals surface area contributed by atoms with Gasteiger partial charge in [0.1, 0.15) is 6.04 Å². The van der Waals surface area contributed by atoms with Gasteiger partial charge in [-0.25, -0.2) is 4.79 Å². The lowest BCUT2D eigenvalue weighted by atomic mass is 10.2. The summed E-state index contributed by atoms with van der Waals surface area (Å²) >= 11 is 1.49. The lowest BCUT2D eigenvalue weighted by Crippen LogP contribution is -2.44. The molecule has 0 spiro atoms. The van der Waals surface area contributed by atoms with Gasteiger partial charge in [0.2, 0.25) is 5.91 Å². The maximum atomic E-state index is 11.8. The molecule has 4 nitrogen and oxygen atoms in total. The quantitative estimate of drug-likeness (QED) is 0.726. The Hall–Kier alpha value is -0.970. The van der Waals surface area contributed by atoms with E-state index in [4.69, 9.17) is 5.11 Å². The summed E-state index contributed by atoms with van der Waals surface area (Å²) in [4.78, 5) is 24.1. The van der Waals surface area contributed by atoms with Gasteiger partial charge in [-0.3, -0.25) is 4.79 Å². The Morgan fingerprint density at radius 2 is 2.07 bits per heavy atom. The molecule has 0 bridgehead atoms. The number of carboxylic acid groups (broad SMARTS) is 1. The van der Waals surface area contributed by atoms with Gasteiger partial charge in [-0.05, 0) is 20.8 Å². The van der Waals surface area contributed by atoms with Crippen LogP contribution in [0.4, 0.5) is 0 Å². The molecule has 1 heterocycles. The lowest BCUT2D eigenvalue weighted by molar-refractivity contribution is -0.147. The first-order valence-electron chi connectivity index (χ1n) is 4.75. The van der Waals surface area contributed by atoms with Crippen molar-refractivity contribution in [1.29, 1.82) is 0 Å². The van der Waals surface area contributed by atoms with Gasteiger partial charge < -0.3 is 10.0 Å². The van der Waals surface area contributed by atoms with Crippen molar-refractivity contribution in [2.24, 2.45) is 0 Å². The van der Waals surface area contributed by atoms with Crippen molar-refractivity contribution in [1.82, 2.24) is 4.90 Å². The van der Waals surface area contributed by atoms with E-state index in [1.165, 1.54) is 22.7 Å². The van der Waals surface area contributed by atoms with E-state index in [2.05, 4.69) is 0 Å². The molecule has 1 aliphatic heterocycles. The molecule has 5 heteroatoms. The van der Waals surface area contributed by atoms with E-state index in [0.717, 1.165) is 5.57 Å². The van der Waals surface area contributed by atoms with Crippen molar-refractivity contribution in [2.75, 3.05) is 5.75 Å². The van der Waals surface area contributed by atoms with Crippen LogP contribution in [0.1, 0.15) is 20.8 Å². The second-order valence-corrected chi connectivity index (χ2v) is 5.10. The number of nitrogens with zero attached hydrogens (tertiary/aromatic N) is 1. The van der Waals surface area contributed by atoms with Crippen LogP contribution in [0.3, 0.4) is 0 Å². The van der Waals surface area contributed by atoms with Gasteiger partial charge >= 0.3 is 5.97 Å². The van der Waals surface area contributed by atoms with Crippen molar-refractivity contribution in [3.05, 3.63) is 11.6 Å². The van der Waals surface area contributed by atoms with Crippen molar-refractivity contribution < 1.29 is 14.7 Å². The number of hydrogen-bond donors (Lipinski definition) is 1. The Balaban J connectivity index is 2.85. The highest BCUT2D eigenvalue weighted by Gasteiger charge is 2.38. The van der Waals surface area contributed by atoms with Crippen LogP contribution in [0.15, 0.2) is 11.6 Å². The number of allylic oxidation sites excluding steroid dienone is 1. The fraction of sp³-hybridized carbons (Fsp3) is 0.600. The Morgan fingerprint density at radius 3 is 2.53 bits per heavy atom. The predicted molar refractivity (Wildman–Crippen MR) is 59.6 cm³/mol. The molecule has 2 unspecified atom stereocenters. The molecule has 0 aromatic carbocycles. The number of hydrogen-bond acceptors (Lipinski definition) is 3. The van der Waals surface area contributed by atoms with Crippen molar-refractivity contribution in [3.63, 3.8) is 0 Å². The Morgan fingerprint density at radius 1 is 1.47 bits per heavy atom. The van der Waals surface area contributed by atoms with Gasteiger partial charge in [-0.2, -0.15) is 0 Å². The third-order valence-electron chi connectivity index (χ3n) is 2.17. The van der Waals surface area contributed by atoms with E-state index in [1.54, 1.807) is 0 Å². The minimum absolute atomic E-state index is 0.0609. The monoisotopic (exact) mass is 229 g/mol. The molecule has 15 heavy (non-hydrogen) atoms. The van der Waals surface area contributed by atoms with Gasteiger partial charge in [0.15, 0.2) is 0 Å². The van der Waals surface area contributed by atoms with E-state index in [-0.39, 0.29) is 11.3 Å². The molecule has 0 aliphatic carbocycles. The zero-order chi connectivity index (χ0) is 11.6. The largest absolute Gasteiger partial charge is 0.480 e. The van der Waals surface area contributed by atoms with Crippen LogP contribution in [0.5, 0.6) is 0 Å². The summed E-state index contributed by atoms with van der Waals surface area (Å²) in [6.07, 6.45) is 1.48. The highest BCUT2D eigenvalue weighted by Crippen LogP contribution is 2.29. The van der Waals surface area contributed by atoms with E-state index in [1.807, 2.05) is 20.8 Å². The van der Waals surface area contributed by atoms with Gasteiger partial charge in [-0.1, -0.05) is 5.57 Å². The number of amides is 1.